The molecular formula is C30H18Cl2FN9S. The zero-order valence-corrected chi connectivity index (χ0v) is 24.5. The summed E-state index contributed by atoms with van der Waals surface area (Å²) in [6.07, 6.45) is 3.10. The van der Waals surface area contributed by atoms with Gasteiger partial charge in [-0.15, -0.1) is 16.4 Å². The molecule has 1 atom stereocenters. The molecule has 6 rings (SSSR count). The first kappa shape index (κ1) is 28.1. The third-order valence-corrected chi connectivity index (χ3v) is 8.22. The van der Waals surface area contributed by atoms with Crippen LogP contribution in [0.5, 0.6) is 0 Å². The largest absolute Gasteiger partial charge is 0.372 e. The number of halogens is 3. The van der Waals surface area contributed by atoms with Gasteiger partial charge in [0.15, 0.2) is 5.82 Å². The van der Waals surface area contributed by atoms with E-state index < -0.39 is 11.9 Å². The second-order valence-electron chi connectivity index (χ2n) is 9.35. The molecule has 13 heteroatoms. The Kier molecular flexibility index (Phi) is 7.61. The van der Waals surface area contributed by atoms with Crippen molar-refractivity contribution in [3.8, 4) is 18.0 Å². The molecule has 0 saturated heterocycles. The van der Waals surface area contributed by atoms with E-state index in [-0.39, 0.29) is 10.6 Å². The van der Waals surface area contributed by atoms with Gasteiger partial charge in [0, 0.05) is 39.4 Å². The van der Waals surface area contributed by atoms with Crippen LogP contribution in [-0.2, 0) is 0 Å². The minimum absolute atomic E-state index is 0.0631. The highest BCUT2D eigenvalue weighted by Crippen LogP contribution is 2.38. The Labute approximate surface area is 258 Å². The predicted molar refractivity (Wildman–Crippen MR) is 165 cm³/mol. The standard InChI is InChI=1S/C30H18Cl2FN9S/c1-16-27(40-41-42(16)26-4-2-3-7-36-26)30(25-8-17(12-34)15-43-25)39-20-9-21-28(38-19-5-6-24(33)22(31)10-19)18(13-35)14-37-29(21)23(32)11-20/h2-11,14-15,30,39H,1H3,(H,37,38)/t30-/m0/s1. The fourth-order valence-corrected chi connectivity index (χ4v) is 5.92. The number of fused-ring (bicyclic) bond motifs is 1. The minimum Gasteiger partial charge on any atom is -0.372 e. The number of thiophene rings is 1. The first-order valence-electron chi connectivity index (χ1n) is 12.7. The van der Waals surface area contributed by atoms with Crippen LogP contribution in [-0.4, -0.2) is 25.0 Å². The summed E-state index contributed by atoms with van der Waals surface area (Å²) in [5, 5.41) is 37.5. The topological polar surface area (TPSA) is 128 Å². The Hall–Kier alpha value is -5.07. The van der Waals surface area contributed by atoms with Gasteiger partial charge in [0.05, 0.1) is 38.1 Å². The number of benzene rings is 2. The lowest BCUT2D eigenvalue weighted by atomic mass is 10.1. The molecule has 0 spiro atoms. The number of nitrogens with zero attached hydrogens (tertiary/aromatic N) is 7. The van der Waals surface area contributed by atoms with Crippen molar-refractivity contribution < 1.29 is 4.39 Å². The molecule has 0 aliphatic heterocycles. The fourth-order valence-electron chi connectivity index (χ4n) is 4.59. The van der Waals surface area contributed by atoms with Crippen LogP contribution in [0.15, 0.2) is 72.4 Å². The summed E-state index contributed by atoms with van der Waals surface area (Å²) in [7, 11) is 0. The number of pyridine rings is 2. The van der Waals surface area contributed by atoms with E-state index in [2.05, 4.69) is 43.1 Å². The summed E-state index contributed by atoms with van der Waals surface area (Å²) in [6.45, 7) is 1.89. The number of aromatic nitrogens is 5. The maximum atomic E-state index is 13.8. The SMILES string of the molecule is Cc1c([C@@H](Nc2cc(Cl)c3ncc(C#N)c(Nc4ccc(F)c(Cl)c4)c3c2)c2cc(C#N)cs2)nnn1-c1ccccn1. The third kappa shape index (κ3) is 5.45. The molecule has 4 heterocycles. The van der Waals surface area contributed by atoms with Gasteiger partial charge in [0.1, 0.15) is 29.7 Å². The van der Waals surface area contributed by atoms with E-state index in [1.165, 1.54) is 35.7 Å². The summed E-state index contributed by atoms with van der Waals surface area (Å²) in [5.74, 6) is 0.0538. The Balaban J connectivity index is 1.47. The maximum Gasteiger partial charge on any atom is 0.155 e. The van der Waals surface area contributed by atoms with Crippen molar-refractivity contribution in [2.45, 2.75) is 13.0 Å². The van der Waals surface area contributed by atoms with Gasteiger partial charge in [-0.05, 0) is 55.5 Å². The molecule has 0 bridgehead atoms. The van der Waals surface area contributed by atoms with Gasteiger partial charge in [-0.2, -0.15) is 15.2 Å². The van der Waals surface area contributed by atoms with Crippen molar-refractivity contribution in [3.05, 3.63) is 116 Å². The summed E-state index contributed by atoms with van der Waals surface area (Å²) >= 11 is 14.1. The van der Waals surface area contributed by atoms with Gasteiger partial charge in [-0.3, -0.25) is 4.98 Å². The van der Waals surface area contributed by atoms with Crippen LogP contribution in [0.1, 0.15) is 33.4 Å². The zero-order valence-electron chi connectivity index (χ0n) is 22.2. The molecule has 43 heavy (non-hydrogen) atoms. The van der Waals surface area contributed by atoms with E-state index in [9.17, 15) is 14.9 Å². The van der Waals surface area contributed by atoms with Crippen LogP contribution < -0.4 is 10.6 Å². The Morgan fingerprint density at radius 3 is 2.56 bits per heavy atom. The first-order valence-corrected chi connectivity index (χ1v) is 14.3. The molecule has 0 aliphatic rings. The second kappa shape index (κ2) is 11.7. The van der Waals surface area contributed by atoms with Crippen molar-refractivity contribution in [2.75, 3.05) is 10.6 Å². The van der Waals surface area contributed by atoms with E-state index in [0.29, 0.717) is 50.1 Å². The number of rotatable bonds is 7. The monoisotopic (exact) mass is 625 g/mol. The average Bonchev–Trinajstić information content (AvgIpc) is 3.65. The summed E-state index contributed by atoms with van der Waals surface area (Å²) in [5.41, 5.74) is 4.10. The Morgan fingerprint density at radius 2 is 1.84 bits per heavy atom. The minimum atomic E-state index is -0.559. The highest BCUT2D eigenvalue weighted by Gasteiger charge is 2.25. The lowest BCUT2D eigenvalue weighted by molar-refractivity contribution is 0.628. The van der Waals surface area contributed by atoms with Gasteiger partial charge in [-0.1, -0.05) is 34.5 Å². The maximum absolute atomic E-state index is 13.8. The summed E-state index contributed by atoms with van der Waals surface area (Å²) in [6, 6.07) is 18.9. The molecule has 0 unspecified atom stereocenters. The van der Waals surface area contributed by atoms with Crippen molar-refractivity contribution in [1.82, 2.24) is 25.0 Å². The van der Waals surface area contributed by atoms with Gasteiger partial charge < -0.3 is 10.6 Å². The Morgan fingerprint density at radius 1 is 1.00 bits per heavy atom. The van der Waals surface area contributed by atoms with Crippen molar-refractivity contribution in [1.29, 1.82) is 10.5 Å². The van der Waals surface area contributed by atoms with Gasteiger partial charge in [0.25, 0.3) is 0 Å². The van der Waals surface area contributed by atoms with Gasteiger partial charge in [-0.25, -0.2) is 9.37 Å². The molecule has 0 saturated carbocycles. The van der Waals surface area contributed by atoms with E-state index in [1.807, 2.05) is 31.2 Å². The molecule has 0 radical (unpaired) electrons. The zero-order chi connectivity index (χ0) is 30.1. The molecule has 0 amide bonds. The van der Waals surface area contributed by atoms with Gasteiger partial charge >= 0.3 is 0 Å². The molecule has 9 nitrogen and oxygen atoms in total. The van der Waals surface area contributed by atoms with E-state index >= 15 is 0 Å². The highest BCUT2D eigenvalue weighted by atomic mass is 35.5. The average molecular weight is 627 g/mol. The number of hydrogen-bond acceptors (Lipinski definition) is 9. The fraction of sp³-hybridized carbons (Fsp3) is 0.0667. The molecule has 0 aliphatic carbocycles. The number of nitriles is 2. The van der Waals surface area contributed by atoms with Crippen LogP contribution in [0.4, 0.5) is 21.5 Å². The highest BCUT2D eigenvalue weighted by molar-refractivity contribution is 7.10. The van der Waals surface area contributed by atoms with Gasteiger partial charge in [0.2, 0.25) is 0 Å². The Bertz CT molecular complexity index is 2080. The van der Waals surface area contributed by atoms with Crippen molar-refractivity contribution in [3.63, 3.8) is 0 Å². The van der Waals surface area contributed by atoms with Crippen LogP contribution >= 0.6 is 34.5 Å². The quantitative estimate of drug-likeness (QED) is 0.184. The molecular weight excluding hydrogens is 608 g/mol. The molecule has 6 aromatic rings. The van der Waals surface area contributed by atoms with Crippen LogP contribution in [0.2, 0.25) is 10.0 Å². The van der Waals surface area contributed by atoms with Crippen molar-refractivity contribution in [2.24, 2.45) is 0 Å². The normalized spacial score (nSPS) is 11.6. The van der Waals surface area contributed by atoms with Crippen LogP contribution in [0.3, 0.4) is 0 Å². The number of nitrogens with one attached hydrogen (secondary N) is 2. The second-order valence-corrected chi connectivity index (χ2v) is 11.1. The number of hydrogen-bond donors (Lipinski definition) is 2. The van der Waals surface area contributed by atoms with E-state index in [0.717, 1.165) is 10.6 Å². The van der Waals surface area contributed by atoms with Crippen LogP contribution in [0, 0.1) is 35.4 Å². The van der Waals surface area contributed by atoms with E-state index in [1.54, 1.807) is 28.4 Å². The van der Waals surface area contributed by atoms with Crippen LogP contribution in [0.25, 0.3) is 16.7 Å². The summed E-state index contributed by atoms with van der Waals surface area (Å²) in [4.78, 5) is 9.62. The molecule has 2 aromatic carbocycles. The molecule has 0 fully saturated rings. The summed E-state index contributed by atoms with van der Waals surface area (Å²) < 4.78 is 15.5. The van der Waals surface area contributed by atoms with E-state index in [4.69, 9.17) is 23.2 Å². The lowest BCUT2D eigenvalue weighted by Gasteiger charge is -2.19. The smallest absolute Gasteiger partial charge is 0.155 e. The lowest BCUT2D eigenvalue weighted by Crippen LogP contribution is -2.13. The molecule has 2 N–H and O–H groups in total. The van der Waals surface area contributed by atoms with Crippen molar-refractivity contribution >= 4 is 62.5 Å². The predicted octanol–water partition coefficient (Wildman–Crippen LogP) is 7.71. The number of anilines is 3. The molecule has 210 valence electrons. The first-order chi connectivity index (χ1) is 20.9. The third-order valence-electron chi connectivity index (χ3n) is 6.65. The molecule has 4 aromatic heterocycles.